The van der Waals surface area contributed by atoms with E-state index in [0.717, 1.165) is 5.56 Å². The Balaban J connectivity index is 2.37. The molecule has 1 atom stereocenters. The first-order valence-electron chi connectivity index (χ1n) is 4.99. The lowest BCUT2D eigenvalue weighted by Gasteiger charge is -2.04. The van der Waals surface area contributed by atoms with Crippen molar-refractivity contribution >= 4 is 22.4 Å². The third kappa shape index (κ3) is 4.93. The SMILES string of the molecule is CS(=O)CCNC(=O)Cc1cccc(N)c1. The zero-order valence-electron chi connectivity index (χ0n) is 9.23. The number of anilines is 1. The predicted molar refractivity (Wildman–Crippen MR) is 66.5 cm³/mol. The van der Waals surface area contributed by atoms with Crippen LogP contribution in [0.15, 0.2) is 24.3 Å². The average Bonchev–Trinajstić information content (AvgIpc) is 2.16. The highest BCUT2D eigenvalue weighted by molar-refractivity contribution is 7.84. The Morgan fingerprint density at radius 2 is 2.25 bits per heavy atom. The van der Waals surface area contributed by atoms with Gasteiger partial charge in [-0.25, -0.2) is 0 Å². The van der Waals surface area contributed by atoms with E-state index in [9.17, 15) is 9.00 Å². The van der Waals surface area contributed by atoms with Crippen molar-refractivity contribution in [3.05, 3.63) is 29.8 Å². The lowest BCUT2D eigenvalue weighted by Crippen LogP contribution is -2.28. The summed E-state index contributed by atoms with van der Waals surface area (Å²) in [6.07, 6.45) is 1.92. The summed E-state index contributed by atoms with van der Waals surface area (Å²) in [5.74, 6) is 0.416. The molecule has 3 N–H and O–H groups in total. The number of carbonyl (C=O) groups excluding carboxylic acids is 1. The van der Waals surface area contributed by atoms with E-state index in [4.69, 9.17) is 5.73 Å². The molecule has 16 heavy (non-hydrogen) atoms. The molecule has 1 amide bonds. The van der Waals surface area contributed by atoms with Crippen LogP contribution in [0.3, 0.4) is 0 Å². The van der Waals surface area contributed by atoms with Gasteiger partial charge in [0.1, 0.15) is 0 Å². The number of benzene rings is 1. The summed E-state index contributed by atoms with van der Waals surface area (Å²) in [6.45, 7) is 0.449. The first-order valence-corrected chi connectivity index (χ1v) is 6.72. The van der Waals surface area contributed by atoms with Crippen LogP contribution in [0.5, 0.6) is 0 Å². The molecule has 1 aromatic rings. The fourth-order valence-electron chi connectivity index (χ4n) is 1.29. The zero-order chi connectivity index (χ0) is 12.0. The third-order valence-electron chi connectivity index (χ3n) is 2.03. The number of carbonyl (C=O) groups is 1. The van der Waals surface area contributed by atoms with Gasteiger partial charge in [-0.2, -0.15) is 0 Å². The van der Waals surface area contributed by atoms with E-state index in [1.165, 1.54) is 0 Å². The molecule has 0 aromatic heterocycles. The monoisotopic (exact) mass is 240 g/mol. The second kappa shape index (κ2) is 6.27. The molecule has 0 bridgehead atoms. The molecule has 0 fully saturated rings. The smallest absolute Gasteiger partial charge is 0.224 e. The van der Waals surface area contributed by atoms with Crippen molar-refractivity contribution in [1.29, 1.82) is 0 Å². The molecule has 88 valence electrons. The molecule has 5 heteroatoms. The average molecular weight is 240 g/mol. The van der Waals surface area contributed by atoms with E-state index in [-0.39, 0.29) is 5.91 Å². The van der Waals surface area contributed by atoms with Gasteiger partial charge in [0, 0.05) is 35.0 Å². The topological polar surface area (TPSA) is 72.2 Å². The molecule has 0 aliphatic rings. The van der Waals surface area contributed by atoms with Crippen LogP contribution < -0.4 is 11.1 Å². The lowest BCUT2D eigenvalue weighted by atomic mass is 10.1. The van der Waals surface area contributed by atoms with Gasteiger partial charge >= 0.3 is 0 Å². The molecule has 4 nitrogen and oxygen atoms in total. The lowest BCUT2D eigenvalue weighted by molar-refractivity contribution is -0.120. The van der Waals surface area contributed by atoms with Gasteiger partial charge in [0.15, 0.2) is 0 Å². The fraction of sp³-hybridized carbons (Fsp3) is 0.364. The summed E-state index contributed by atoms with van der Waals surface area (Å²) in [5.41, 5.74) is 7.14. The van der Waals surface area contributed by atoms with Gasteiger partial charge in [-0.1, -0.05) is 12.1 Å². The Hall–Kier alpha value is -1.36. The number of hydrogen-bond donors (Lipinski definition) is 2. The van der Waals surface area contributed by atoms with E-state index in [1.54, 1.807) is 18.4 Å². The normalized spacial score (nSPS) is 12.1. The second-order valence-corrected chi connectivity index (χ2v) is 5.10. The Kier molecular flexibility index (Phi) is 4.98. The fourth-order valence-corrected chi connectivity index (χ4v) is 1.67. The van der Waals surface area contributed by atoms with E-state index in [1.807, 2.05) is 12.1 Å². The number of amides is 1. The Bertz CT molecular complexity index is 393. The largest absolute Gasteiger partial charge is 0.399 e. The molecule has 0 aliphatic heterocycles. The first kappa shape index (κ1) is 12.7. The van der Waals surface area contributed by atoms with E-state index < -0.39 is 10.8 Å². The van der Waals surface area contributed by atoms with Gasteiger partial charge in [0.25, 0.3) is 0 Å². The molecule has 0 spiro atoms. The Labute approximate surface area is 97.7 Å². The molecule has 1 aromatic carbocycles. The van der Waals surface area contributed by atoms with Crippen LogP contribution in [-0.4, -0.2) is 28.7 Å². The molecular weight excluding hydrogens is 224 g/mol. The number of rotatable bonds is 5. The third-order valence-corrected chi connectivity index (χ3v) is 2.81. The van der Waals surface area contributed by atoms with Gasteiger partial charge in [-0.3, -0.25) is 9.00 Å². The van der Waals surface area contributed by atoms with E-state index >= 15 is 0 Å². The summed E-state index contributed by atoms with van der Waals surface area (Å²) >= 11 is 0. The maximum atomic E-state index is 11.5. The highest BCUT2D eigenvalue weighted by atomic mass is 32.2. The highest BCUT2D eigenvalue weighted by Crippen LogP contribution is 2.06. The van der Waals surface area contributed by atoms with Crippen LogP contribution in [0.1, 0.15) is 5.56 Å². The van der Waals surface area contributed by atoms with Crippen molar-refractivity contribution in [1.82, 2.24) is 5.32 Å². The van der Waals surface area contributed by atoms with Gasteiger partial charge in [-0.05, 0) is 17.7 Å². The molecule has 0 saturated heterocycles. The summed E-state index contributed by atoms with van der Waals surface area (Å²) < 4.78 is 10.8. The van der Waals surface area contributed by atoms with Crippen molar-refractivity contribution < 1.29 is 9.00 Å². The van der Waals surface area contributed by atoms with E-state index in [0.29, 0.717) is 24.4 Å². The highest BCUT2D eigenvalue weighted by Gasteiger charge is 2.03. The van der Waals surface area contributed by atoms with Crippen molar-refractivity contribution in [2.45, 2.75) is 6.42 Å². The molecular formula is C11H16N2O2S. The van der Waals surface area contributed by atoms with Crippen LogP contribution in [0, 0.1) is 0 Å². The predicted octanol–water partition coefficient (Wildman–Crippen LogP) is 0.306. The molecule has 0 saturated carbocycles. The quantitative estimate of drug-likeness (QED) is 0.727. The van der Waals surface area contributed by atoms with Gasteiger partial charge in [0.05, 0.1) is 6.42 Å². The number of hydrogen-bond acceptors (Lipinski definition) is 3. The molecule has 1 rings (SSSR count). The van der Waals surface area contributed by atoms with Crippen LogP contribution in [-0.2, 0) is 22.0 Å². The van der Waals surface area contributed by atoms with Crippen LogP contribution >= 0.6 is 0 Å². The summed E-state index contributed by atoms with van der Waals surface area (Å²) in [4.78, 5) is 11.5. The molecule has 0 heterocycles. The summed E-state index contributed by atoms with van der Waals surface area (Å²) in [7, 11) is -0.867. The van der Waals surface area contributed by atoms with Crippen molar-refractivity contribution in [2.24, 2.45) is 0 Å². The van der Waals surface area contributed by atoms with E-state index in [2.05, 4.69) is 5.32 Å². The zero-order valence-corrected chi connectivity index (χ0v) is 10.0. The number of nitrogens with one attached hydrogen (secondary N) is 1. The number of nitrogens with two attached hydrogens (primary N) is 1. The van der Waals surface area contributed by atoms with Crippen LogP contribution in [0.2, 0.25) is 0 Å². The van der Waals surface area contributed by atoms with Crippen LogP contribution in [0.25, 0.3) is 0 Å². The summed E-state index contributed by atoms with van der Waals surface area (Å²) in [5, 5.41) is 2.71. The summed E-state index contributed by atoms with van der Waals surface area (Å²) in [6, 6.07) is 7.23. The molecule has 1 unspecified atom stereocenters. The van der Waals surface area contributed by atoms with Crippen molar-refractivity contribution in [3.8, 4) is 0 Å². The maximum Gasteiger partial charge on any atom is 0.224 e. The van der Waals surface area contributed by atoms with Gasteiger partial charge in [-0.15, -0.1) is 0 Å². The van der Waals surface area contributed by atoms with Gasteiger partial charge < -0.3 is 11.1 Å². The van der Waals surface area contributed by atoms with Crippen molar-refractivity contribution in [2.75, 3.05) is 24.3 Å². The Morgan fingerprint density at radius 1 is 1.50 bits per heavy atom. The minimum absolute atomic E-state index is 0.0731. The molecule has 0 aliphatic carbocycles. The van der Waals surface area contributed by atoms with Crippen molar-refractivity contribution in [3.63, 3.8) is 0 Å². The maximum absolute atomic E-state index is 11.5. The minimum Gasteiger partial charge on any atom is -0.399 e. The van der Waals surface area contributed by atoms with Gasteiger partial charge in [0.2, 0.25) is 5.91 Å². The van der Waals surface area contributed by atoms with Crippen LogP contribution in [0.4, 0.5) is 5.69 Å². The molecule has 0 radical (unpaired) electrons. The number of nitrogen functional groups attached to an aromatic ring is 1. The first-order chi connectivity index (χ1) is 7.58. The Morgan fingerprint density at radius 3 is 2.88 bits per heavy atom. The standard InChI is InChI=1S/C11H16N2O2S/c1-16(15)6-5-13-11(14)8-9-3-2-4-10(12)7-9/h2-4,7H,5-6,8,12H2,1H3,(H,13,14). The minimum atomic E-state index is -0.867. The second-order valence-electron chi connectivity index (χ2n) is 3.55.